The molecule has 0 spiro atoms. The molecule has 64 valence electrons. The van der Waals surface area contributed by atoms with Crippen LogP contribution in [0.1, 0.15) is 13.3 Å². The average molecular weight is 174 g/mol. The number of nitrogens with one attached hydrogen (secondary N) is 1. The molecule has 0 aromatic heterocycles. The van der Waals surface area contributed by atoms with Crippen LogP contribution in [-0.2, 0) is 4.79 Å². The zero-order chi connectivity index (χ0) is 8.27. The van der Waals surface area contributed by atoms with Crippen LogP contribution in [0.3, 0.4) is 0 Å². The van der Waals surface area contributed by atoms with Gasteiger partial charge in [-0.1, -0.05) is 6.92 Å². The third-order valence-corrected chi connectivity index (χ3v) is 3.35. The number of carbonyl (C=O) groups excluding carboxylic acids is 1. The molecular weight excluding hydrogens is 160 g/mol. The van der Waals surface area contributed by atoms with Gasteiger partial charge < -0.3 is 11.1 Å². The van der Waals surface area contributed by atoms with Crippen LogP contribution in [0.4, 0.5) is 0 Å². The van der Waals surface area contributed by atoms with Crippen LogP contribution in [0.2, 0.25) is 0 Å². The van der Waals surface area contributed by atoms with Crippen LogP contribution in [0.25, 0.3) is 0 Å². The zero-order valence-electron chi connectivity index (χ0n) is 6.67. The van der Waals surface area contributed by atoms with Gasteiger partial charge in [0.25, 0.3) is 0 Å². The van der Waals surface area contributed by atoms with Crippen LogP contribution in [-0.4, -0.2) is 29.5 Å². The van der Waals surface area contributed by atoms with Gasteiger partial charge in [-0.2, -0.15) is 11.8 Å². The fourth-order valence-electron chi connectivity index (χ4n) is 1.29. The molecule has 0 saturated carbocycles. The van der Waals surface area contributed by atoms with Gasteiger partial charge in [0.05, 0.1) is 6.04 Å². The lowest BCUT2D eigenvalue weighted by Crippen LogP contribution is -2.51. The highest BCUT2D eigenvalue weighted by Crippen LogP contribution is 2.21. The van der Waals surface area contributed by atoms with Gasteiger partial charge in [0, 0.05) is 17.5 Å². The molecule has 1 saturated heterocycles. The standard InChI is InChI=1S/C7H14N2OS/c1-2-5-6(7(8)10)9-3-4-11-5/h5-6,9H,2-4H2,1H3,(H2,8,10). The molecule has 2 atom stereocenters. The molecule has 3 N–H and O–H groups in total. The van der Waals surface area contributed by atoms with E-state index >= 15 is 0 Å². The highest BCUT2D eigenvalue weighted by Gasteiger charge is 2.27. The second kappa shape index (κ2) is 3.97. The molecule has 1 aliphatic heterocycles. The Hall–Kier alpha value is -0.220. The highest BCUT2D eigenvalue weighted by molar-refractivity contribution is 8.00. The summed E-state index contributed by atoms with van der Waals surface area (Å²) in [5.74, 6) is 0.867. The van der Waals surface area contributed by atoms with Gasteiger partial charge in [-0.15, -0.1) is 0 Å². The Morgan fingerprint density at radius 1 is 1.82 bits per heavy atom. The Morgan fingerprint density at radius 2 is 2.55 bits per heavy atom. The Morgan fingerprint density at radius 3 is 3.00 bits per heavy atom. The third kappa shape index (κ3) is 2.10. The summed E-state index contributed by atoms with van der Waals surface area (Å²) in [6.45, 7) is 2.98. The Bertz CT molecular complexity index is 151. The molecule has 0 bridgehead atoms. The van der Waals surface area contributed by atoms with Crippen molar-refractivity contribution in [1.29, 1.82) is 0 Å². The van der Waals surface area contributed by atoms with Crippen molar-refractivity contribution in [3.63, 3.8) is 0 Å². The van der Waals surface area contributed by atoms with Gasteiger partial charge in [-0.3, -0.25) is 4.79 Å². The number of hydrogen-bond donors (Lipinski definition) is 2. The monoisotopic (exact) mass is 174 g/mol. The summed E-state index contributed by atoms with van der Waals surface area (Å²) in [6, 6.07) is -0.112. The van der Waals surface area contributed by atoms with E-state index in [4.69, 9.17) is 5.73 Å². The van der Waals surface area contributed by atoms with Gasteiger partial charge in [0.2, 0.25) is 5.91 Å². The minimum absolute atomic E-state index is 0.112. The maximum Gasteiger partial charge on any atom is 0.235 e. The normalized spacial score (nSPS) is 31.7. The topological polar surface area (TPSA) is 55.1 Å². The van der Waals surface area contributed by atoms with Crippen molar-refractivity contribution in [2.75, 3.05) is 12.3 Å². The predicted octanol–water partition coefficient (Wildman–Crippen LogP) is -0.0447. The largest absolute Gasteiger partial charge is 0.368 e. The first-order valence-electron chi connectivity index (χ1n) is 3.90. The van der Waals surface area contributed by atoms with E-state index in [0.717, 1.165) is 18.7 Å². The van der Waals surface area contributed by atoms with Crippen molar-refractivity contribution in [3.05, 3.63) is 0 Å². The molecule has 1 aliphatic rings. The van der Waals surface area contributed by atoms with Crippen LogP contribution < -0.4 is 11.1 Å². The quantitative estimate of drug-likeness (QED) is 0.617. The maximum absolute atomic E-state index is 10.9. The number of hydrogen-bond acceptors (Lipinski definition) is 3. The first-order chi connectivity index (χ1) is 5.25. The lowest BCUT2D eigenvalue weighted by Gasteiger charge is -2.28. The number of carbonyl (C=O) groups is 1. The molecule has 1 heterocycles. The van der Waals surface area contributed by atoms with Crippen molar-refractivity contribution in [3.8, 4) is 0 Å². The van der Waals surface area contributed by atoms with E-state index in [2.05, 4.69) is 12.2 Å². The summed E-state index contributed by atoms with van der Waals surface area (Å²) < 4.78 is 0. The summed E-state index contributed by atoms with van der Waals surface area (Å²) in [4.78, 5) is 10.9. The van der Waals surface area contributed by atoms with E-state index in [9.17, 15) is 4.79 Å². The SMILES string of the molecule is CCC1SCCNC1C(N)=O. The molecule has 1 amide bonds. The van der Waals surface area contributed by atoms with Crippen molar-refractivity contribution in [2.45, 2.75) is 24.6 Å². The second-order valence-electron chi connectivity index (χ2n) is 2.65. The van der Waals surface area contributed by atoms with Gasteiger partial charge in [-0.05, 0) is 6.42 Å². The van der Waals surface area contributed by atoms with Crippen molar-refractivity contribution >= 4 is 17.7 Å². The summed E-state index contributed by atoms with van der Waals surface area (Å²) in [5, 5.41) is 3.50. The van der Waals surface area contributed by atoms with E-state index in [1.807, 2.05) is 11.8 Å². The molecule has 4 heteroatoms. The first-order valence-corrected chi connectivity index (χ1v) is 4.95. The van der Waals surface area contributed by atoms with E-state index in [-0.39, 0.29) is 11.9 Å². The average Bonchev–Trinajstić information content (AvgIpc) is 2.04. The van der Waals surface area contributed by atoms with Gasteiger partial charge in [0.15, 0.2) is 0 Å². The molecule has 0 aliphatic carbocycles. The van der Waals surface area contributed by atoms with Gasteiger partial charge in [0.1, 0.15) is 0 Å². The van der Waals surface area contributed by atoms with Crippen LogP contribution in [0.15, 0.2) is 0 Å². The molecule has 2 unspecified atom stereocenters. The van der Waals surface area contributed by atoms with Crippen LogP contribution in [0.5, 0.6) is 0 Å². The fraction of sp³-hybridized carbons (Fsp3) is 0.857. The van der Waals surface area contributed by atoms with Crippen LogP contribution in [0, 0.1) is 0 Å². The predicted molar refractivity (Wildman–Crippen MR) is 47.5 cm³/mol. The van der Waals surface area contributed by atoms with E-state index < -0.39 is 0 Å². The second-order valence-corrected chi connectivity index (χ2v) is 4.00. The first kappa shape index (κ1) is 8.87. The zero-order valence-corrected chi connectivity index (χ0v) is 7.49. The Kier molecular flexibility index (Phi) is 3.20. The molecule has 3 nitrogen and oxygen atoms in total. The summed E-state index contributed by atoms with van der Waals surface area (Å²) in [5.41, 5.74) is 5.22. The summed E-state index contributed by atoms with van der Waals surface area (Å²) >= 11 is 1.84. The lowest BCUT2D eigenvalue weighted by atomic mass is 10.1. The Labute approximate surface area is 71.1 Å². The Balaban J connectivity index is 2.51. The minimum Gasteiger partial charge on any atom is -0.368 e. The molecular formula is C7H14N2OS. The molecule has 0 aromatic carbocycles. The molecule has 1 fully saturated rings. The molecule has 1 rings (SSSR count). The van der Waals surface area contributed by atoms with E-state index in [1.165, 1.54) is 0 Å². The summed E-state index contributed by atoms with van der Waals surface area (Å²) in [6.07, 6.45) is 1.01. The highest BCUT2D eigenvalue weighted by atomic mass is 32.2. The van der Waals surface area contributed by atoms with Crippen molar-refractivity contribution < 1.29 is 4.79 Å². The van der Waals surface area contributed by atoms with Crippen LogP contribution >= 0.6 is 11.8 Å². The molecule has 11 heavy (non-hydrogen) atoms. The number of nitrogens with two attached hydrogens (primary N) is 1. The number of amides is 1. The number of primary amides is 1. The fourth-order valence-corrected chi connectivity index (χ4v) is 2.49. The number of rotatable bonds is 2. The van der Waals surface area contributed by atoms with E-state index in [0.29, 0.717) is 5.25 Å². The smallest absolute Gasteiger partial charge is 0.235 e. The summed E-state index contributed by atoms with van der Waals surface area (Å²) in [7, 11) is 0. The molecule has 0 radical (unpaired) electrons. The minimum atomic E-state index is -0.218. The maximum atomic E-state index is 10.9. The van der Waals surface area contributed by atoms with Gasteiger partial charge in [-0.25, -0.2) is 0 Å². The van der Waals surface area contributed by atoms with E-state index in [1.54, 1.807) is 0 Å². The lowest BCUT2D eigenvalue weighted by molar-refractivity contribution is -0.120. The van der Waals surface area contributed by atoms with Gasteiger partial charge >= 0.3 is 0 Å². The van der Waals surface area contributed by atoms with Crippen molar-refractivity contribution in [1.82, 2.24) is 5.32 Å². The third-order valence-electron chi connectivity index (χ3n) is 1.88. The van der Waals surface area contributed by atoms with Crippen molar-refractivity contribution in [2.24, 2.45) is 5.73 Å². The molecule has 0 aromatic rings. The number of thioether (sulfide) groups is 1.